The lowest BCUT2D eigenvalue weighted by molar-refractivity contribution is -0.139. The van der Waals surface area contributed by atoms with Crippen molar-refractivity contribution in [3.63, 3.8) is 0 Å². The molecule has 0 fully saturated rings. The number of hydrogen-bond donors (Lipinski definition) is 1. The van der Waals surface area contributed by atoms with Crippen LogP contribution in [0.2, 0.25) is 0 Å². The SMILES string of the molecule is CCCCOC(=O)C1=C(C)Nc2nc(SCCC)nn2C1c1cccc(OCc2ccccc2)c1. The van der Waals surface area contributed by atoms with Gasteiger partial charge >= 0.3 is 5.97 Å². The number of ether oxygens (including phenoxy) is 2. The molecule has 0 bridgehead atoms. The van der Waals surface area contributed by atoms with Crippen LogP contribution in [0.4, 0.5) is 5.95 Å². The summed E-state index contributed by atoms with van der Waals surface area (Å²) in [4.78, 5) is 17.9. The minimum atomic E-state index is -0.468. The zero-order valence-corrected chi connectivity index (χ0v) is 21.3. The lowest BCUT2D eigenvalue weighted by atomic mass is 9.95. The van der Waals surface area contributed by atoms with Gasteiger partial charge in [-0.25, -0.2) is 9.48 Å². The summed E-state index contributed by atoms with van der Waals surface area (Å²) < 4.78 is 13.5. The van der Waals surface area contributed by atoms with E-state index >= 15 is 0 Å². The number of thioether (sulfide) groups is 1. The van der Waals surface area contributed by atoms with Crippen molar-refractivity contribution in [3.8, 4) is 5.75 Å². The molecular formula is C27H32N4O3S. The molecule has 1 aromatic heterocycles. The number of rotatable bonds is 11. The number of carbonyl (C=O) groups is 1. The molecule has 0 saturated heterocycles. The van der Waals surface area contributed by atoms with Gasteiger partial charge in [0.25, 0.3) is 0 Å². The summed E-state index contributed by atoms with van der Waals surface area (Å²) in [6.07, 6.45) is 2.81. The third-order valence-corrected chi connectivity index (χ3v) is 6.69. The third-order valence-electron chi connectivity index (χ3n) is 5.64. The van der Waals surface area contributed by atoms with Crippen LogP contribution in [0.3, 0.4) is 0 Å². The predicted molar refractivity (Wildman–Crippen MR) is 139 cm³/mol. The highest BCUT2D eigenvalue weighted by atomic mass is 32.2. The van der Waals surface area contributed by atoms with Gasteiger partial charge in [0.1, 0.15) is 18.4 Å². The zero-order valence-electron chi connectivity index (χ0n) is 20.5. The van der Waals surface area contributed by atoms with Gasteiger partial charge < -0.3 is 14.8 Å². The number of unbranched alkanes of at least 4 members (excludes halogenated alkanes) is 1. The molecule has 8 heteroatoms. The zero-order chi connectivity index (χ0) is 24.6. The van der Waals surface area contributed by atoms with Gasteiger partial charge in [-0.1, -0.05) is 74.5 Å². The second-order valence-corrected chi connectivity index (χ2v) is 9.48. The highest BCUT2D eigenvalue weighted by Gasteiger charge is 2.35. The molecule has 0 saturated carbocycles. The van der Waals surface area contributed by atoms with Crippen molar-refractivity contribution < 1.29 is 14.3 Å². The Balaban J connectivity index is 1.67. The molecule has 35 heavy (non-hydrogen) atoms. The molecule has 1 N–H and O–H groups in total. The molecule has 1 aliphatic rings. The highest BCUT2D eigenvalue weighted by Crippen LogP contribution is 2.37. The van der Waals surface area contributed by atoms with E-state index in [1.807, 2.05) is 61.5 Å². The Morgan fingerprint density at radius 1 is 1.11 bits per heavy atom. The Hall–Kier alpha value is -3.26. The molecule has 1 unspecified atom stereocenters. The fourth-order valence-corrected chi connectivity index (χ4v) is 4.54. The van der Waals surface area contributed by atoms with Crippen molar-refractivity contribution in [2.24, 2.45) is 0 Å². The maximum atomic E-state index is 13.2. The smallest absolute Gasteiger partial charge is 0.338 e. The minimum Gasteiger partial charge on any atom is -0.489 e. The lowest BCUT2D eigenvalue weighted by Gasteiger charge is -2.28. The standard InChI is InChI=1S/C27H32N4O3S/c1-4-6-15-33-25(32)23-19(3)28-26-29-27(35-16-5-2)30-31(26)24(23)21-13-10-14-22(17-21)34-18-20-11-8-7-9-12-20/h7-14,17,24H,4-6,15-16,18H2,1-3H3,(H,28,29,30). The summed E-state index contributed by atoms with van der Waals surface area (Å²) >= 11 is 1.61. The Morgan fingerprint density at radius 3 is 2.71 bits per heavy atom. The van der Waals surface area contributed by atoms with Crippen LogP contribution in [0.25, 0.3) is 0 Å². The van der Waals surface area contributed by atoms with Crippen molar-refractivity contribution in [1.29, 1.82) is 0 Å². The first-order chi connectivity index (χ1) is 17.1. The van der Waals surface area contributed by atoms with E-state index in [1.165, 1.54) is 0 Å². The topological polar surface area (TPSA) is 78.3 Å². The van der Waals surface area contributed by atoms with Gasteiger partial charge in [-0.15, -0.1) is 5.10 Å². The quantitative estimate of drug-likeness (QED) is 0.200. The summed E-state index contributed by atoms with van der Waals surface area (Å²) in [6, 6.07) is 17.4. The van der Waals surface area contributed by atoms with E-state index in [9.17, 15) is 4.79 Å². The van der Waals surface area contributed by atoms with Gasteiger partial charge in [-0.3, -0.25) is 0 Å². The predicted octanol–water partition coefficient (Wildman–Crippen LogP) is 5.99. The molecule has 184 valence electrons. The monoisotopic (exact) mass is 492 g/mol. The fourth-order valence-electron chi connectivity index (χ4n) is 3.86. The van der Waals surface area contributed by atoms with E-state index in [2.05, 4.69) is 24.1 Å². The van der Waals surface area contributed by atoms with E-state index in [0.717, 1.165) is 47.6 Å². The molecular weight excluding hydrogens is 460 g/mol. The fraction of sp³-hybridized carbons (Fsp3) is 0.370. The van der Waals surface area contributed by atoms with E-state index in [1.54, 1.807) is 16.4 Å². The Morgan fingerprint density at radius 2 is 1.94 bits per heavy atom. The van der Waals surface area contributed by atoms with Crippen LogP contribution in [-0.4, -0.2) is 33.1 Å². The molecule has 0 aliphatic carbocycles. The summed E-state index contributed by atoms with van der Waals surface area (Å²) in [6.45, 7) is 6.93. The van der Waals surface area contributed by atoms with Crippen LogP contribution >= 0.6 is 11.8 Å². The van der Waals surface area contributed by atoms with Crippen molar-refractivity contribution in [2.45, 2.75) is 57.8 Å². The van der Waals surface area contributed by atoms with Crippen molar-refractivity contribution in [2.75, 3.05) is 17.7 Å². The van der Waals surface area contributed by atoms with E-state index in [4.69, 9.17) is 14.6 Å². The number of nitrogens with zero attached hydrogens (tertiary/aromatic N) is 3. The Bertz CT molecular complexity index is 1180. The molecule has 3 aromatic rings. The number of esters is 1. The second-order valence-electron chi connectivity index (χ2n) is 8.41. The third kappa shape index (κ3) is 6.06. The van der Waals surface area contributed by atoms with Gasteiger partial charge in [-0.05, 0) is 43.0 Å². The van der Waals surface area contributed by atoms with Gasteiger partial charge in [-0.2, -0.15) is 4.98 Å². The van der Waals surface area contributed by atoms with E-state index in [0.29, 0.717) is 29.9 Å². The molecule has 0 amide bonds. The Labute approximate surface area is 210 Å². The van der Waals surface area contributed by atoms with Crippen LogP contribution in [0.15, 0.2) is 71.0 Å². The summed E-state index contributed by atoms with van der Waals surface area (Å²) in [7, 11) is 0. The average molecular weight is 493 g/mol. The number of fused-ring (bicyclic) bond motifs is 1. The van der Waals surface area contributed by atoms with Crippen molar-refractivity contribution >= 4 is 23.7 Å². The number of carbonyl (C=O) groups excluding carboxylic acids is 1. The summed E-state index contributed by atoms with van der Waals surface area (Å²) in [5.41, 5.74) is 3.23. The molecule has 2 heterocycles. The maximum Gasteiger partial charge on any atom is 0.338 e. The van der Waals surface area contributed by atoms with E-state index < -0.39 is 6.04 Å². The number of anilines is 1. The lowest BCUT2D eigenvalue weighted by Crippen LogP contribution is -2.29. The normalized spacial score (nSPS) is 14.9. The molecule has 0 spiro atoms. The number of benzene rings is 2. The molecule has 1 atom stereocenters. The summed E-state index contributed by atoms with van der Waals surface area (Å²) in [5.74, 6) is 1.93. The first-order valence-corrected chi connectivity index (χ1v) is 13.1. The molecule has 2 aromatic carbocycles. The first kappa shape index (κ1) is 24.9. The molecule has 7 nitrogen and oxygen atoms in total. The van der Waals surface area contributed by atoms with Gasteiger partial charge in [0.15, 0.2) is 0 Å². The largest absolute Gasteiger partial charge is 0.489 e. The number of allylic oxidation sites excluding steroid dienone is 1. The summed E-state index contributed by atoms with van der Waals surface area (Å²) in [5, 5.41) is 8.70. The molecule has 1 aliphatic heterocycles. The molecule has 4 rings (SSSR count). The minimum absolute atomic E-state index is 0.340. The van der Waals surface area contributed by atoms with E-state index in [-0.39, 0.29) is 5.97 Å². The Kier molecular flexibility index (Phi) is 8.47. The van der Waals surface area contributed by atoms with Gasteiger partial charge in [0.2, 0.25) is 11.1 Å². The van der Waals surface area contributed by atoms with Crippen molar-refractivity contribution in [1.82, 2.24) is 14.8 Å². The van der Waals surface area contributed by atoms with Crippen LogP contribution in [-0.2, 0) is 16.1 Å². The highest BCUT2D eigenvalue weighted by molar-refractivity contribution is 7.99. The van der Waals surface area contributed by atoms with Crippen LogP contribution in [0.1, 0.15) is 57.2 Å². The second kappa shape index (κ2) is 11.9. The van der Waals surface area contributed by atoms with Crippen LogP contribution in [0, 0.1) is 0 Å². The van der Waals surface area contributed by atoms with Crippen molar-refractivity contribution in [3.05, 3.63) is 77.0 Å². The van der Waals surface area contributed by atoms with Crippen LogP contribution in [0.5, 0.6) is 5.75 Å². The van der Waals surface area contributed by atoms with Gasteiger partial charge in [0, 0.05) is 11.4 Å². The average Bonchev–Trinajstić information content (AvgIpc) is 3.28. The number of aromatic nitrogens is 3. The molecule has 0 radical (unpaired) electrons. The maximum absolute atomic E-state index is 13.2. The number of hydrogen-bond acceptors (Lipinski definition) is 7. The van der Waals surface area contributed by atoms with Gasteiger partial charge in [0.05, 0.1) is 12.2 Å². The van der Waals surface area contributed by atoms with Crippen LogP contribution < -0.4 is 10.1 Å². The number of nitrogens with one attached hydrogen (secondary N) is 1. The first-order valence-electron chi connectivity index (χ1n) is 12.1.